The van der Waals surface area contributed by atoms with E-state index in [-0.39, 0.29) is 0 Å². The number of nitriles is 1. The fourth-order valence-corrected chi connectivity index (χ4v) is 3.31. The molecule has 1 aromatic rings. The first-order valence-electron chi connectivity index (χ1n) is 8.88. The van der Waals surface area contributed by atoms with E-state index in [2.05, 4.69) is 28.4 Å². The lowest BCUT2D eigenvalue weighted by molar-refractivity contribution is 0.310. The summed E-state index contributed by atoms with van der Waals surface area (Å²) < 4.78 is 5.69. The van der Waals surface area contributed by atoms with Crippen molar-refractivity contribution < 1.29 is 4.74 Å². The van der Waals surface area contributed by atoms with Crippen molar-refractivity contribution in [3.63, 3.8) is 0 Å². The number of nitrogens with zero attached hydrogens (tertiary/aromatic N) is 2. The molecule has 3 rings (SSSR count). The molecule has 1 aromatic carbocycles. The maximum absolute atomic E-state index is 8.53. The first-order chi connectivity index (χ1) is 11.3. The molecule has 1 saturated carbocycles. The number of hydrogen-bond donors (Lipinski definition) is 1. The molecular weight excluding hydrogens is 286 g/mol. The summed E-state index contributed by atoms with van der Waals surface area (Å²) in [6.07, 6.45) is 5.52. The van der Waals surface area contributed by atoms with Crippen LogP contribution in [0.2, 0.25) is 0 Å². The number of likely N-dealkylation sites (tertiary alicyclic amines) is 1. The maximum atomic E-state index is 8.53. The summed E-state index contributed by atoms with van der Waals surface area (Å²) in [5.41, 5.74) is 1.26. The van der Waals surface area contributed by atoms with Gasteiger partial charge >= 0.3 is 0 Å². The number of nitrogens with one attached hydrogen (secondary N) is 1. The molecule has 4 heteroatoms. The van der Waals surface area contributed by atoms with Crippen LogP contribution in [0.15, 0.2) is 24.3 Å². The van der Waals surface area contributed by atoms with Crippen molar-refractivity contribution in [2.24, 2.45) is 5.92 Å². The van der Waals surface area contributed by atoms with Crippen LogP contribution in [-0.2, 0) is 6.54 Å². The fraction of sp³-hybridized carbons (Fsp3) is 0.632. The van der Waals surface area contributed by atoms with E-state index in [0.29, 0.717) is 13.0 Å². The van der Waals surface area contributed by atoms with E-state index >= 15 is 0 Å². The molecule has 0 radical (unpaired) electrons. The Morgan fingerprint density at radius 3 is 3.04 bits per heavy atom. The highest BCUT2D eigenvalue weighted by Gasteiger charge is 2.33. The Morgan fingerprint density at radius 2 is 2.22 bits per heavy atom. The summed E-state index contributed by atoms with van der Waals surface area (Å²) in [7, 11) is 0. The fourth-order valence-electron chi connectivity index (χ4n) is 3.31. The molecule has 23 heavy (non-hydrogen) atoms. The largest absolute Gasteiger partial charge is 0.494 e. The van der Waals surface area contributed by atoms with Crippen LogP contribution in [0.25, 0.3) is 0 Å². The molecular formula is C19H27N3O. The summed E-state index contributed by atoms with van der Waals surface area (Å²) in [5, 5.41) is 12.1. The highest BCUT2D eigenvalue weighted by Crippen LogP contribution is 2.31. The first-order valence-corrected chi connectivity index (χ1v) is 8.88. The lowest BCUT2D eigenvalue weighted by atomic mass is 10.1. The van der Waals surface area contributed by atoms with E-state index in [1.54, 1.807) is 0 Å². The SMILES string of the molecule is N#CCCCOc1cccc(CNCC2CCN(C3CC3)C2)c1. The highest BCUT2D eigenvalue weighted by molar-refractivity contribution is 5.28. The van der Waals surface area contributed by atoms with E-state index in [1.165, 1.54) is 37.9 Å². The molecule has 1 atom stereocenters. The van der Waals surface area contributed by atoms with E-state index in [4.69, 9.17) is 10.00 Å². The average Bonchev–Trinajstić information content (AvgIpc) is 3.32. The second kappa shape index (κ2) is 8.33. The Hall–Kier alpha value is -1.57. The molecule has 0 bridgehead atoms. The van der Waals surface area contributed by atoms with E-state index in [1.807, 2.05) is 12.1 Å². The molecule has 1 unspecified atom stereocenters. The van der Waals surface area contributed by atoms with Crippen molar-refractivity contribution in [2.75, 3.05) is 26.2 Å². The number of rotatable bonds is 9. The molecule has 1 heterocycles. The third kappa shape index (κ3) is 5.23. The van der Waals surface area contributed by atoms with Gasteiger partial charge in [-0.2, -0.15) is 5.26 Å². The predicted molar refractivity (Wildman–Crippen MR) is 91.2 cm³/mol. The Balaban J connectivity index is 1.35. The molecule has 1 N–H and O–H groups in total. The molecule has 0 amide bonds. The summed E-state index contributed by atoms with van der Waals surface area (Å²) in [6, 6.07) is 11.3. The average molecular weight is 313 g/mol. The van der Waals surface area contributed by atoms with Crippen LogP contribution < -0.4 is 10.1 Å². The molecule has 4 nitrogen and oxygen atoms in total. The molecule has 1 aliphatic carbocycles. The minimum atomic E-state index is 0.556. The summed E-state index contributed by atoms with van der Waals surface area (Å²) >= 11 is 0. The molecule has 2 fully saturated rings. The van der Waals surface area contributed by atoms with Gasteiger partial charge in [0.05, 0.1) is 12.7 Å². The zero-order valence-electron chi connectivity index (χ0n) is 13.8. The van der Waals surface area contributed by atoms with Gasteiger partial charge in [0, 0.05) is 25.6 Å². The summed E-state index contributed by atoms with van der Waals surface area (Å²) in [4.78, 5) is 2.67. The normalized spacial score (nSPS) is 21.3. The third-order valence-electron chi connectivity index (χ3n) is 4.74. The van der Waals surface area contributed by atoms with E-state index in [0.717, 1.165) is 37.2 Å². The lowest BCUT2D eigenvalue weighted by Crippen LogP contribution is -2.27. The smallest absolute Gasteiger partial charge is 0.119 e. The van der Waals surface area contributed by atoms with Gasteiger partial charge in [0.25, 0.3) is 0 Å². The Bertz CT molecular complexity index is 536. The topological polar surface area (TPSA) is 48.3 Å². The standard InChI is InChI=1S/C19H27N3O/c20-9-1-2-11-23-19-5-3-4-16(12-19)13-21-14-17-8-10-22(15-17)18-6-7-18/h3-5,12,17-18,21H,1-2,6-8,10-11,13-15H2. The minimum Gasteiger partial charge on any atom is -0.494 e. The van der Waals surface area contributed by atoms with Gasteiger partial charge in [0.2, 0.25) is 0 Å². The van der Waals surface area contributed by atoms with Crippen molar-refractivity contribution in [3.8, 4) is 11.8 Å². The van der Waals surface area contributed by atoms with Crippen LogP contribution in [0, 0.1) is 17.2 Å². The zero-order chi connectivity index (χ0) is 15.9. The predicted octanol–water partition coefficient (Wildman–Crippen LogP) is 2.94. The highest BCUT2D eigenvalue weighted by atomic mass is 16.5. The lowest BCUT2D eigenvalue weighted by Gasteiger charge is -2.15. The monoisotopic (exact) mass is 313 g/mol. The Labute approximate surface area is 139 Å². The van der Waals surface area contributed by atoms with Crippen molar-refractivity contribution >= 4 is 0 Å². The van der Waals surface area contributed by atoms with E-state index < -0.39 is 0 Å². The van der Waals surface area contributed by atoms with Gasteiger partial charge in [0.15, 0.2) is 0 Å². The second-order valence-electron chi connectivity index (χ2n) is 6.77. The Morgan fingerprint density at radius 1 is 1.30 bits per heavy atom. The van der Waals surface area contributed by atoms with Crippen LogP contribution in [0.1, 0.15) is 37.7 Å². The van der Waals surface area contributed by atoms with Crippen LogP contribution in [0.3, 0.4) is 0 Å². The molecule has 1 aliphatic heterocycles. The van der Waals surface area contributed by atoms with Crippen molar-refractivity contribution in [1.29, 1.82) is 5.26 Å². The summed E-state index contributed by atoms with van der Waals surface area (Å²) in [5.74, 6) is 1.71. The maximum Gasteiger partial charge on any atom is 0.119 e. The van der Waals surface area contributed by atoms with Crippen molar-refractivity contribution in [2.45, 2.75) is 44.7 Å². The van der Waals surface area contributed by atoms with E-state index in [9.17, 15) is 0 Å². The molecule has 1 saturated heterocycles. The molecule has 0 aromatic heterocycles. The molecule has 0 spiro atoms. The minimum absolute atomic E-state index is 0.556. The third-order valence-corrected chi connectivity index (χ3v) is 4.74. The molecule has 124 valence electrons. The summed E-state index contributed by atoms with van der Waals surface area (Å²) in [6.45, 7) is 5.19. The zero-order valence-corrected chi connectivity index (χ0v) is 13.8. The second-order valence-corrected chi connectivity index (χ2v) is 6.77. The van der Waals surface area contributed by atoms with Gasteiger partial charge in [-0.3, -0.25) is 0 Å². The van der Waals surface area contributed by atoms with Crippen LogP contribution in [-0.4, -0.2) is 37.2 Å². The van der Waals surface area contributed by atoms with Gasteiger partial charge in [0.1, 0.15) is 5.75 Å². The van der Waals surface area contributed by atoms with Crippen LogP contribution >= 0.6 is 0 Å². The van der Waals surface area contributed by atoms with Crippen molar-refractivity contribution in [1.82, 2.24) is 10.2 Å². The Kier molecular flexibility index (Phi) is 5.90. The number of unbranched alkanes of at least 4 members (excludes halogenated alkanes) is 1. The number of hydrogen-bond acceptors (Lipinski definition) is 4. The molecule has 2 aliphatic rings. The van der Waals surface area contributed by atoms with Gasteiger partial charge < -0.3 is 15.0 Å². The van der Waals surface area contributed by atoms with Crippen LogP contribution in [0.4, 0.5) is 0 Å². The quantitative estimate of drug-likeness (QED) is 0.712. The van der Waals surface area contributed by atoms with Gasteiger partial charge in [-0.15, -0.1) is 0 Å². The number of ether oxygens (including phenoxy) is 1. The van der Waals surface area contributed by atoms with Gasteiger partial charge in [-0.05, 0) is 62.4 Å². The number of benzene rings is 1. The first kappa shape index (κ1) is 16.3. The van der Waals surface area contributed by atoms with Gasteiger partial charge in [-0.1, -0.05) is 12.1 Å². The van der Waals surface area contributed by atoms with Crippen molar-refractivity contribution in [3.05, 3.63) is 29.8 Å². The van der Waals surface area contributed by atoms with Crippen LogP contribution in [0.5, 0.6) is 5.75 Å². The van der Waals surface area contributed by atoms with Gasteiger partial charge in [-0.25, -0.2) is 0 Å².